The van der Waals surface area contributed by atoms with Crippen LogP contribution >= 0.6 is 11.6 Å². The van der Waals surface area contributed by atoms with E-state index in [4.69, 9.17) is 11.6 Å². The smallest absolute Gasteiger partial charge is 0.308 e. The van der Waals surface area contributed by atoms with Crippen molar-refractivity contribution in [1.29, 1.82) is 0 Å². The lowest BCUT2D eigenvalue weighted by Gasteiger charge is -2.08. The van der Waals surface area contributed by atoms with Crippen molar-refractivity contribution in [3.8, 4) is 0 Å². The zero-order chi connectivity index (χ0) is 20.8. The lowest BCUT2D eigenvalue weighted by molar-refractivity contribution is 0.0959. The van der Waals surface area contributed by atoms with Gasteiger partial charge in [-0.1, -0.05) is 23.7 Å². The fraction of sp³-hybridized carbons (Fsp3) is 0. The summed E-state index contributed by atoms with van der Waals surface area (Å²) < 4.78 is 27.2. The highest BCUT2D eigenvalue weighted by molar-refractivity contribution is 6.30. The number of anilines is 1. The van der Waals surface area contributed by atoms with Crippen molar-refractivity contribution in [1.82, 2.24) is 5.32 Å². The van der Waals surface area contributed by atoms with Gasteiger partial charge in [0.25, 0.3) is 5.91 Å². The van der Waals surface area contributed by atoms with Crippen LogP contribution in [0.15, 0.2) is 77.0 Å². The van der Waals surface area contributed by atoms with Gasteiger partial charge in [-0.05, 0) is 54.6 Å². The number of nitrogens with one attached hydrogen (secondary N) is 2. The van der Waals surface area contributed by atoms with Gasteiger partial charge in [-0.15, -0.1) is 0 Å². The van der Waals surface area contributed by atoms with Crippen molar-refractivity contribution in [2.75, 3.05) is 5.32 Å². The Hall–Kier alpha value is -3.65. The summed E-state index contributed by atoms with van der Waals surface area (Å²) in [6.07, 6.45) is 0. The van der Waals surface area contributed by atoms with E-state index in [1.165, 1.54) is 12.1 Å². The Morgan fingerprint density at radius 1 is 0.828 bits per heavy atom. The molecule has 0 fully saturated rings. The van der Waals surface area contributed by atoms with Gasteiger partial charge in [0.15, 0.2) is 0 Å². The van der Waals surface area contributed by atoms with Crippen LogP contribution < -0.4 is 10.6 Å². The van der Waals surface area contributed by atoms with Gasteiger partial charge in [-0.3, -0.25) is 10.1 Å². The summed E-state index contributed by atoms with van der Waals surface area (Å²) in [5, 5.41) is 12.9. The first kappa shape index (κ1) is 20.1. The highest BCUT2D eigenvalue weighted by Gasteiger charge is 2.19. The first-order chi connectivity index (χ1) is 13.9. The number of carbonyl (C=O) groups is 2. The molecule has 2 N–H and O–H groups in total. The molecule has 0 aliphatic carbocycles. The summed E-state index contributed by atoms with van der Waals surface area (Å²) in [5.41, 5.74) is 0.601. The molecule has 146 valence electrons. The minimum Gasteiger partial charge on any atom is -0.308 e. The second-order valence-corrected chi connectivity index (χ2v) is 6.17. The standard InChI is InChI=1S/C20H13ClF2N4O2/c21-12-3-1-4-15(11-12)27-26-14-9-7-13(8-10-14)24-20(29)25-19(28)18-16(22)5-2-6-17(18)23/h1-11H,(H2,24,25,28,29)/b27-26+. The van der Waals surface area contributed by atoms with Crippen LogP contribution in [0.1, 0.15) is 10.4 Å². The number of carbonyl (C=O) groups excluding carboxylic acids is 2. The highest BCUT2D eigenvalue weighted by Crippen LogP contribution is 2.22. The van der Waals surface area contributed by atoms with Crippen molar-refractivity contribution < 1.29 is 18.4 Å². The zero-order valence-corrected chi connectivity index (χ0v) is 15.5. The number of amides is 3. The molecule has 3 aromatic carbocycles. The van der Waals surface area contributed by atoms with Crippen molar-refractivity contribution in [3.05, 3.63) is 89.0 Å². The Balaban J connectivity index is 1.60. The second-order valence-electron chi connectivity index (χ2n) is 5.73. The molecule has 3 amide bonds. The Bertz CT molecular complexity index is 1070. The van der Waals surface area contributed by atoms with Crippen molar-refractivity contribution >= 4 is 40.6 Å². The summed E-state index contributed by atoms with van der Waals surface area (Å²) in [5.74, 6) is -3.32. The summed E-state index contributed by atoms with van der Waals surface area (Å²) in [4.78, 5) is 23.8. The summed E-state index contributed by atoms with van der Waals surface area (Å²) in [6, 6.07) is 15.1. The molecule has 0 aliphatic rings. The van der Waals surface area contributed by atoms with Crippen LogP contribution in [0.3, 0.4) is 0 Å². The third-order valence-electron chi connectivity index (χ3n) is 3.63. The maximum atomic E-state index is 13.6. The predicted octanol–water partition coefficient (Wildman–Crippen LogP) is 6.00. The maximum absolute atomic E-state index is 13.6. The van der Waals surface area contributed by atoms with Gasteiger partial charge in [-0.2, -0.15) is 10.2 Å². The minimum atomic E-state index is -1.19. The first-order valence-electron chi connectivity index (χ1n) is 8.26. The zero-order valence-electron chi connectivity index (χ0n) is 14.7. The van der Waals surface area contributed by atoms with E-state index in [2.05, 4.69) is 15.5 Å². The van der Waals surface area contributed by atoms with Gasteiger partial charge in [-0.25, -0.2) is 13.6 Å². The van der Waals surface area contributed by atoms with Gasteiger partial charge < -0.3 is 5.32 Å². The molecule has 0 heterocycles. The number of azo groups is 1. The van der Waals surface area contributed by atoms with Crippen molar-refractivity contribution in [2.24, 2.45) is 10.2 Å². The number of hydrogen-bond donors (Lipinski definition) is 2. The second kappa shape index (κ2) is 9.03. The maximum Gasteiger partial charge on any atom is 0.326 e. The quantitative estimate of drug-likeness (QED) is 0.513. The molecular formula is C20H13ClF2N4O2. The molecule has 0 atom stereocenters. The van der Waals surface area contributed by atoms with Crippen molar-refractivity contribution in [2.45, 2.75) is 0 Å². The molecule has 6 nitrogen and oxygen atoms in total. The third-order valence-corrected chi connectivity index (χ3v) is 3.87. The first-order valence-corrected chi connectivity index (χ1v) is 8.64. The molecule has 0 saturated heterocycles. The molecular weight excluding hydrogens is 402 g/mol. The number of urea groups is 1. The number of rotatable bonds is 4. The normalized spacial score (nSPS) is 10.7. The Morgan fingerprint density at radius 2 is 1.45 bits per heavy atom. The topological polar surface area (TPSA) is 82.9 Å². The molecule has 0 radical (unpaired) electrons. The van der Waals surface area contributed by atoms with Crippen LogP contribution in [0.5, 0.6) is 0 Å². The van der Waals surface area contributed by atoms with Crippen molar-refractivity contribution in [3.63, 3.8) is 0 Å². The molecule has 0 aliphatic heterocycles. The van der Waals surface area contributed by atoms with E-state index >= 15 is 0 Å². The monoisotopic (exact) mass is 414 g/mol. The number of halogens is 3. The lowest BCUT2D eigenvalue weighted by Crippen LogP contribution is -2.35. The van der Waals surface area contributed by atoms with Crippen LogP contribution in [-0.4, -0.2) is 11.9 Å². The SMILES string of the molecule is O=C(NC(=O)c1c(F)cccc1F)Nc1ccc(/N=N/c2cccc(Cl)c2)cc1. The molecule has 0 spiro atoms. The van der Waals surface area contributed by atoms with E-state index in [-0.39, 0.29) is 0 Å². The Labute approximate surface area is 169 Å². The van der Waals surface area contributed by atoms with Crippen LogP contribution in [0.4, 0.5) is 30.6 Å². The molecule has 0 bridgehead atoms. The van der Waals surface area contributed by atoms with Gasteiger partial charge in [0, 0.05) is 10.7 Å². The van der Waals surface area contributed by atoms with Crippen LogP contribution in [-0.2, 0) is 0 Å². The molecule has 3 aromatic rings. The minimum absolute atomic E-state index is 0.339. The number of hydrogen-bond acceptors (Lipinski definition) is 4. The van der Waals surface area contributed by atoms with E-state index in [1.54, 1.807) is 36.4 Å². The molecule has 0 aromatic heterocycles. The van der Waals surface area contributed by atoms with E-state index in [0.717, 1.165) is 18.2 Å². The molecule has 0 saturated carbocycles. The highest BCUT2D eigenvalue weighted by atomic mass is 35.5. The average molecular weight is 415 g/mol. The van der Waals surface area contributed by atoms with E-state index < -0.39 is 29.1 Å². The third kappa shape index (κ3) is 5.43. The Morgan fingerprint density at radius 3 is 2.10 bits per heavy atom. The molecule has 29 heavy (non-hydrogen) atoms. The van der Waals surface area contributed by atoms with E-state index in [9.17, 15) is 18.4 Å². The van der Waals surface area contributed by atoms with Crippen LogP contribution in [0.2, 0.25) is 5.02 Å². The van der Waals surface area contributed by atoms with E-state index in [0.29, 0.717) is 22.1 Å². The number of benzene rings is 3. The number of nitrogens with zero attached hydrogens (tertiary/aromatic N) is 2. The summed E-state index contributed by atoms with van der Waals surface area (Å²) in [6.45, 7) is 0. The average Bonchev–Trinajstić information content (AvgIpc) is 2.67. The van der Waals surface area contributed by atoms with Gasteiger partial charge in [0.2, 0.25) is 0 Å². The van der Waals surface area contributed by atoms with Gasteiger partial charge >= 0.3 is 6.03 Å². The van der Waals surface area contributed by atoms with E-state index in [1.807, 2.05) is 5.32 Å². The molecule has 3 rings (SSSR count). The van der Waals surface area contributed by atoms with Gasteiger partial charge in [0.05, 0.1) is 11.4 Å². The molecule has 9 heteroatoms. The van der Waals surface area contributed by atoms with Gasteiger partial charge in [0.1, 0.15) is 17.2 Å². The summed E-state index contributed by atoms with van der Waals surface area (Å²) in [7, 11) is 0. The fourth-order valence-electron chi connectivity index (χ4n) is 2.31. The fourth-order valence-corrected chi connectivity index (χ4v) is 2.49. The van der Waals surface area contributed by atoms with Crippen LogP contribution in [0, 0.1) is 11.6 Å². The number of imide groups is 1. The largest absolute Gasteiger partial charge is 0.326 e. The molecule has 0 unspecified atom stereocenters. The van der Waals surface area contributed by atoms with Crippen LogP contribution in [0.25, 0.3) is 0 Å². The Kier molecular flexibility index (Phi) is 6.25. The predicted molar refractivity (Wildman–Crippen MR) is 105 cm³/mol. The lowest BCUT2D eigenvalue weighted by atomic mass is 10.2. The summed E-state index contributed by atoms with van der Waals surface area (Å²) >= 11 is 5.87.